The molecule has 2 atom stereocenters. The third-order valence-corrected chi connectivity index (χ3v) is 9.96. The van der Waals surface area contributed by atoms with E-state index < -0.39 is 25.9 Å². The van der Waals surface area contributed by atoms with Crippen LogP contribution >= 0.6 is 0 Å². The van der Waals surface area contributed by atoms with Crippen molar-refractivity contribution in [3.8, 4) is 0 Å². The Morgan fingerprint density at radius 3 is 2.22 bits per heavy atom. The van der Waals surface area contributed by atoms with Crippen LogP contribution in [0.25, 0.3) is 0 Å². The third-order valence-electron chi connectivity index (χ3n) is 6.13. The molecule has 1 aromatic rings. The minimum absolute atomic E-state index is 0.0702. The summed E-state index contributed by atoms with van der Waals surface area (Å²) in [6.07, 6.45) is 7.14. The van der Waals surface area contributed by atoms with Crippen LogP contribution in [0.4, 0.5) is 0 Å². The lowest BCUT2D eigenvalue weighted by atomic mass is 9.84. The first-order valence-corrected chi connectivity index (χ1v) is 13.3. The summed E-state index contributed by atoms with van der Waals surface area (Å²) in [7, 11) is -6.88. The van der Waals surface area contributed by atoms with Crippen LogP contribution in [0.1, 0.15) is 70.3 Å². The van der Waals surface area contributed by atoms with E-state index >= 15 is 0 Å². The molecule has 7 heteroatoms. The predicted molar refractivity (Wildman–Crippen MR) is 108 cm³/mol. The maximum Gasteiger partial charge on any atom is 0.243 e. The van der Waals surface area contributed by atoms with Crippen molar-refractivity contribution in [1.29, 1.82) is 0 Å². The minimum Gasteiger partial charge on any atom is -0.229 e. The van der Waals surface area contributed by atoms with Gasteiger partial charge in [0.1, 0.15) is 0 Å². The molecule has 0 radical (unpaired) electrons. The molecule has 0 amide bonds. The number of hydrogen-bond acceptors (Lipinski definition) is 4. The second kappa shape index (κ2) is 8.21. The van der Waals surface area contributed by atoms with E-state index in [1.165, 1.54) is 42.0 Å². The molecule has 0 unspecified atom stereocenters. The molecule has 1 saturated carbocycles. The van der Waals surface area contributed by atoms with E-state index in [-0.39, 0.29) is 22.4 Å². The Morgan fingerprint density at radius 2 is 1.70 bits per heavy atom. The van der Waals surface area contributed by atoms with E-state index in [0.717, 1.165) is 0 Å². The predicted octanol–water partition coefficient (Wildman–Crippen LogP) is 3.71. The summed E-state index contributed by atoms with van der Waals surface area (Å²) in [4.78, 5) is 0.270. The molecule has 0 bridgehead atoms. The van der Waals surface area contributed by atoms with Gasteiger partial charge in [0, 0.05) is 12.1 Å². The van der Waals surface area contributed by atoms with Crippen molar-refractivity contribution in [1.82, 2.24) is 4.31 Å². The van der Waals surface area contributed by atoms with E-state index in [1.54, 1.807) is 12.1 Å². The number of rotatable bonds is 6. The normalized spacial score (nSPS) is 24.9. The van der Waals surface area contributed by atoms with E-state index in [0.29, 0.717) is 18.8 Å². The van der Waals surface area contributed by atoms with Crippen molar-refractivity contribution in [3.05, 3.63) is 29.8 Å². The summed E-state index contributed by atoms with van der Waals surface area (Å²) < 4.78 is 52.0. The minimum atomic E-state index is -3.72. The lowest BCUT2D eigenvalue weighted by Gasteiger charge is -2.32. The fourth-order valence-corrected chi connectivity index (χ4v) is 8.14. The van der Waals surface area contributed by atoms with E-state index in [2.05, 4.69) is 0 Å². The standard InChI is InChI=1S/C20H31NO4S2/c1-3-16(2)21(19-13-14-26(22,23)15-19)27(24,25)20-11-9-18(10-12-20)17-7-5-4-6-8-17/h9-12,16-17,19H,3-8,13-15H2,1-2H3/t16-,19+/m1/s1. The van der Waals surface area contributed by atoms with Gasteiger partial charge in [-0.15, -0.1) is 0 Å². The summed E-state index contributed by atoms with van der Waals surface area (Å²) in [6.45, 7) is 3.79. The highest BCUT2D eigenvalue weighted by molar-refractivity contribution is 7.92. The summed E-state index contributed by atoms with van der Waals surface area (Å²) in [5.74, 6) is 0.526. The van der Waals surface area contributed by atoms with E-state index in [1.807, 2.05) is 26.0 Å². The lowest BCUT2D eigenvalue weighted by molar-refractivity contribution is 0.271. The Hall–Kier alpha value is -0.920. The Bertz CT molecular complexity index is 840. The highest BCUT2D eigenvalue weighted by atomic mass is 32.2. The summed E-state index contributed by atoms with van der Waals surface area (Å²) in [6, 6.07) is 6.61. The van der Waals surface area contributed by atoms with Gasteiger partial charge < -0.3 is 0 Å². The van der Waals surface area contributed by atoms with Gasteiger partial charge in [0.2, 0.25) is 10.0 Å². The molecule has 0 spiro atoms. The van der Waals surface area contributed by atoms with Gasteiger partial charge in [-0.25, -0.2) is 16.8 Å². The molecule has 1 saturated heterocycles. The summed E-state index contributed by atoms with van der Waals surface area (Å²) in [5.41, 5.74) is 1.21. The third kappa shape index (κ3) is 4.57. The molecule has 3 rings (SSSR count). The topological polar surface area (TPSA) is 71.5 Å². The maximum atomic E-state index is 13.3. The van der Waals surface area contributed by atoms with Gasteiger partial charge in [-0.2, -0.15) is 4.31 Å². The number of benzene rings is 1. The van der Waals surface area contributed by atoms with Crippen LogP contribution in [-0.4, -0.2) is 44.7 Å². The Balaban J connectivity index is 1.87. The van der Waals surface area contributed by atoms with Gasteiger partial charge in [0.05, 0.1) is 16.4 Å². The monoisotopic (exact) mass is 413 g/mol. The fourth-order valence-electron chi connectivity index (χ4n) is 4.42. The van der Waals surface area contributed by atoms with Crippen molar-refractivity contribution in [2.45, 2.75) is 81.7 Å². The van der Waals surface area contributed by atoms with Crippen LogP contribution in [0.5, 0.6) is 0 Å². The molecule has 1 aromatic carbocycles. The quantitative estimate of drug-likeness (QED) is 0.713. The molecular formula is C20H31NO4S2. The largest absolute Gasteiger partial charge is 0.243 e. The van der Waals surface area contributed by atoms with E-state index in [9.17, 15) is 16.8 Å². The molecular weight excluding hydrogens is 382 g/mol. The van der Waals surface area contributed by atoms with Gasteiger partial charge in [-0.1, -0.05) is 38.3 Å². The highest BCUT2D eigenvalue weighted by Gasteiger charge is 2.40. The fraction of sp³-hybridized carbons (Fsp3) is 0.700. The molecule has 2 fully saturated rings. The van der Waals surface area contributed by atoms with Crippen molar-refractivity contribution in [2.24, 2.45) is 0 Å². The van der Waals surface area contributed by atoms with Gasteiger partial charge in [-0.3, -0.25) is 0 Å². The molecule has 27 heavy (non-hydrogen) atoms. The Kier molecular flexibility index (Phi) is 6.33. The SMILES string of the molecule is CC[C@@H](C)N([C@H]1CCS(=O)(=O)C1)S(=O)(=O)c1ccc(C2CCCCC2)cc1. The molecule has 5 nitrogen and oxygen atoms in total. The molecule has 1 heterocycles. The van der Waals surface area contributed by atoms with Crippen LogP contribution < -0.4 is 0 Å². The average Bonchev–Trinajstić information content (AvgIpc) is 3.01. The van der Waals surface area contributed by atoms with Gasteiger partial charge >= 0.3 is 0 Å². The zero-order chi connectivity index (χ0) is 19.7. The van der Waals surface area contributed by atoms with Crippen LogP contribution in [-0.2, 0) is 19.9 Å². The van der Waals surface area contributed by atoms with Crippen molar-refractivity contribution in [3.63, 3.8) is 0 Å². The van der Waals surface area contributed by atoms with Gasteiger partial charge in [-0.05, 0) is 56.2 Å². The second-order valence-corrected chi connectivity index (χ2v) is 12.1. The van der Waals surface area contributed by atoms with Crippen LogP contribution in [0.3, 0.4) is 0 Å². The molecule has 0 aromatic heterocycles. The zero-order valence-corrected chi connectivity index (χ0v) is 17.9. The van der Waals surface area contributed by atoms with E-state index in [4.69, 9.17) is 0 Å². The van der Waals surface area contributed by atoms with Crippen molar-refractivity contribution < 1.29 is 16.8 Å². The second-order valence-electron chi connectivity index (χ2n) is 8.05. The van der Waals surface area contributed by atoms with Crippen LogP contribution in [0.15, 0.2) is 29.2 Å². The first-order chi connectivity index (χ1) is 12.7. The maximum absolute atomic E-state index is 13.3. The average molecular weight is 414 g/mol. The van der Waals surface area contributed by atoms with Crippen molar-refractivity contribution in [2.75, 3.05) is 11.5 Å². The lowest BCUT2D eigenvalue weighted by Crippen LogP contribution is -2.46. The number of sulfone groups is 1. The first-order valence-electron chi connectivity index (χ1n) is 10.1. The molecule has 1 aliphatic carbocycles. The molecule has 1 aliphatic heterocycles. The van der Waals surface area contributed by atoms with Crippen LogP contribution in [0, 0.1) is 0 Å². The zero-order valence-electron chi connectivity index (χ0n) is 16.3. The van der Waals surface area contributed by atoms with Crippen LogP contribution in [0.2, 0.25) is 0 Å². The molecule has 152 valence electrons. The van der Waals surface area contributed by atoms with Gasteiger partial charge in [0.15, 0.2) is 9.84 Å². The summed E-state index contributed by atoms with van der Waals surface area (Å²) in [5, 5.41) is 0. The molecule has 0 N–H and O–H groups in total. The Morgan fingerprint density at radius 1 is 1.07 bits per heavy atom. The number of sulfonamides is 1. The van der Waals surface area contributed by atoms with Gasteiger partial charge in [0.25, 0.3) is 0 Å². The highest BCUT2D eigenvalue weighted by Crippen LogP contribution is 2.34. The number of hydrogen-bond donors (Lipinski definition) is 0. The smallest absolute Gasteiger partial charge is 0.229 e. The number of nitrogens with zero attached hydrogens (tertiary/aromatic N) is 1. The summed E-state index contributed by atoms with van der Waals surface area (Å²) >= 11 is 0. The van der Waals surface area contributed by atoms with Crippen molar-refractivity contribution >= 4 is 19.9 Å². The Labute approximate surface area is 164 Å². The first kappa shape index (κ1) is 20.8. The molecule has 2 aliphatic rings.